The summed E-state index contributed by atoms with van der Waals surface area (Å²) in [6.07, 6.45) is -0.0349. The third-order valence-electron chi connectivity index (χ3n) is 6.26. The number of benzene rings is 2. The molecular weight excluding hydrogens is 410 g/mol. The molecule has 1 saturated heterocycles. The quantitative estimate of drug-likeness (QED) is 0.667. The summed E-state index contributed by atoms with van der Waals surface area (Å²) in [6, 6.07) is 10.0. The molecule has 8 heteroatoms. The normalized spacial score (nSPS) is 19.6. The van der Waals surface area contributed by atoms with Crippen LogP contribution in [0.25, 0.3) is 11.1 Å². The van der Waals surface area contributed by atoms with Crippen LogP contribution in [0.15, 0.2) is 36.4 Å². The van der Waals surface area contributed by atoms with Crippen LogP contribution < -0.4 is 10.6 Å². The predicted octanol–water partition coefficient (Wildman–Crippen LogP) is 2.49. The number of aliphatic carboxylic acids is 1. The van der Waals surface area contributed by atoms with Crippen molar-refractivity contribution in [3.05, 3.63) is 53.1 Å². The molecule has 2 aliphatic rings. The predicted molar refractivity (Wildman–Crippen MR) is 118 cm³/mol. The van der Waals surface area contributed by atoms with Gasteiger partial charge in [-0.05, 0) is 54.7 Å². The van der Waals surface area contributed by atoms with E-state index in [1.54, 1.807) is 12.1 Å². The molecule has 2 aromatic carbocycles. The van der Waals surface area contributed by atoms with Gasteiger partial charge in [0.15, 0.2) is 0 Å². The zero-order chi connectivity index (χ0) is 23.0. The Balaban J connectivity index is 1.61. The number of aryl methyl sites for hydroxylation is 1. The number of rotatable bonds is 5. The first-order valence-corrected chi connectivity index (χ1v) is 10.6. The van der Waals surface area contributed by atoms with Crippen molar-refractivity contribution >= 4 is 29.4 Å². The molecule has 0 aliphatic carbocycles. The molecule has 2 aliphatic heterocycles. The van der Waals surface area contributed by atoms with Gasteiger partial charge in [0, 0.05) is 13.0 Å². The van der Waals surface area contributed by atoms with Crippen LogP contribution in [0, 0.1) is 13.8 Å². The van der Waals surface area contributed by atoms with Crippen molar-refractivity contribution in [1.82, 2.24) is 10.2 Å². The van der Waals surface area contributed by atoms with Crippen LogP contribution in [0.3, 0.4) is 0 Å². The summed E-state index contributed by atoms with van der Waals surface area (Å²) in [5.74, 6) is -2.14. The molecule has 0 unspecified atom stereocenters. The molecule has 0 saturated carbocycles. The third-order valence-corrected chi connectivity index (χ3v) is 6.26. The molecule has 1 fully saturated rings. The fourth-order valence-electron chi connectivity index (χ4n) is 4.42. The molecule has 0 bridgehead atoms. The van der Waals surface area contributed by atoms with E-state index >= 15 is 0 Å². The third kappa shape index (κ3) is 3.95. The summed E-state index contributed by atoms with van der Waals surface area (Å²) in [7, 11) is 0. The van der Waals surface area contributed by atoms with E-state index in [1.807, 2.05) is 38.1 Å². The molecule has 2 aromatic rings. The Kier molecular flexibility index (Phi) is 5.69. The number of hydrogen-bond donors (Lipinski definition) is 3. The van der Waals surface area contributed by atoms with E-state index in [0.717, 1.165) is 22.3 Å². The smallest absolute Gasteiger partial charge is 0.303 e. The van der Waals surface area contributed by atoms with Gasteiger partial charge in [0.05, 0.1) is 23.7 Å². The second-order valence-electron chi connectivity index (χ2n) is 8.30. The highest BCUT2D eigenvalue weighted by Crippen LogP contribution is 2.33. The van der Waals surface area contributed by atoms with Gasteiger partial charge in [-0.25, -0.2) is 0 Å². The molecular formula is C24H25N3O5. The zero-order valence-electron chi connectivity index (χ0n) is 18.0. The van der Waals surface area contributed by atoms with Crippen LogP contribution >= 0.6 is 0 Å². The maximum Gasteiger partial charge on any atom is 0.303 e. The average molecular weight is 435 g/mol. The Labute approximate surface area is 185 Å². The molecule has 3 N–H and O–H groups in total. The van der Waals surface area contributed by atoms with Crippen LogP contribution in [0.1, 0.15) is 40.7 Å². The summed E-state index contributed by atoms with van der Waals surface area (Å²) in [5.41, 5.74) is 5.05. The SMILES string of the molecule is Cc1cccc(-c2ccc3c(c2)C(=O)N2CC[C@H](NC(=O)CCC(=O)O)[C@H]2C(=O)N3)c1C. The van der Waals surface area contributed by atoms with E-state index in [1.165, 1.54) is 4.90 Å². The molecule has 8 nitrogen and oxygen atoms in total. The maximum absolute atomic E-state index is 13.4. The number of nitrogens with one attached hydrogen (secondary N) is 2. The number of carbonyl (C=O) groups excluding carboxylic acids is 3. The zero-order valence-corrected chi connectivity index (χ0v) is 18.0. The highest BCUT2D eigenvalue weighted by molar-refractivity contribution is 6.11. The molecule has 4 rings (SSSR count). The van der Waals surface area contributed by atoms with Gasteiger partial charge in [0.1, 0.15) is 6.04 Å². The van der Waals surface area contributed by atoms with Gasteiger partial charge in [-0.1, -0.05) is 24.3 Å². The highest BCUT2D eigenvalue weighted by Gasteiger charge is 2.45. The van der Waals surface area contributed by atoms with Crippen molar-refractivity contribution in [2.75, 3.05) is 11.9 Å². The molecule has 32 heavy (non-hydrogen) atoms. The first kappa shape index (κ1) is 21.5. The summed E-state index contributed by atoms with van der Waals surface area (Å²) < 4.78 is 0. The minimum Gasteiger partial charge on any atom is -0.481 e. The summed E-state index contributed by atoms with van der Waals surface area (Å²) in [6.45, 7) is 4.40. The van der Waals surface area contributed by atoms with Gasteiger partial charge in [0.25, 0.3) is 5.91 Å². The summed E-state index contributed by atoms with van der Waals surface area (Å²) in [4.78, 5) is 50.7. The molecule has 2 heterocycles. The lowest BCUT2D eigenvalue weighted by atomic mass is 9.95. The first-order chi connectivity index (χ1) is 15.3. The molecule has 3 amide bonds. The second kappa shape index (κ2) is 8.45. The van der Waals surface area contributed by atoms with E-state index in [0.29, 0.717) is 24.2 Å². The maximum atomic E-state index is 13.4. The van der Waals surface area contributed by atoms with Crippen molar-refractivity contribution in [2.24, 2.45) is 0 Å². The van der Waals surface area contributed by atoms with Gasteiger partial charge in [0.2, 0.25) is 11.8 Å². The van der Waals surface area contributed by atoms with Crippen molar-refractivity contribution in [3.63, 3.8) is 0 Å². The summed E-state index contributed by atoms with van der Waals surface area (Å²) in [5, 5.41) is 14.3. The van der Waals surface area contributed by atoms with Gasteiger partial charge in [-0.3, -0.25) is 19.2 Å². The Bertz CT molecular complexity index is 1130. The van der Waals surface area contributed by atoms with Crippen molar-refractivity contribution in [1.29, 1.82) is 0 Å². The van der Waals surface area contributed by atoms with E-state index < -0.39 is 24.0 Å². The van der Waals surface area contributed by atoms with Crippen LogP contribution in [-0.2, 0) is 14.4 Å². The molecule has 166 valence electrons. The average Bonchev–Trinajstić information content (AvgIpc) is 3.13. The number of carboxylic acids is 1. The number of hydrogen-bond acceptors (Lipinski definition) is 4. The lowest BCUT2D eigenvalue weighted by Crippen LogP contribution is -2.51. The number of fused-ring (bicyclic) bond motifs is 2. The number of carboxylic acid groups (broad SMARTS) is 1. The van der Waals surface area contributed by atoms with E-state index in [4.69, 9.17) is 5.11 Å². The van der Waals surface area contributed by atoms with E-state index in [2.05, 4.69) is 10.6 Å². The molecule has 2 atom stereocenters. The number of amides is 3. The summed E-state index contributed by atoms with van der Waals surface area (Å²) >= 11 is 0. The van der Waals surface area contributed by atoms with E-state index in [-0.39, 0.29) is 24.7 Å². The van der Waals surface area contributed by atoms with Gasteiger partial charge < -0.3 is 20.6 Å². The van der Waals surface area contributed by atoms with Crippen molar-refractivity contribution < 1.29 is 24.3 Å². The lowest BCUT2D eigenvalue weighted by Gasteiger charge is -2.25. The number of nitrogens with zero attached hydrogens (tertiary/aromatic N) is 1. The fourth-order valence-corrected chi connectivity index (χ4v) is 4.42. The lowest BCUT2D eigenvalue weighted by molar-refractivity contribution is -0.139. The van der Waals surface area contributed by atoms with Crippen molar-refractivity contribution in [2.45, 2.75) is 45.2 Å². The Morgan fingerprint density at radius 1 is 1.12 bits per heavy atom. The monoisotopic (exact) mass is 435 g/mol. The van der Waals surface area contributed by atoms with Crippen LogP contribution in [0.2, 0.25) is 0 Å². The topological polar surface area (TPSA) is 116 Å². The van der Waals surface area contributed by atoms with Gasteiger partial charge in [-0.2, -0.15) is 0 Å². The molecule has 0 spiro atoms. The van der Waals surface area contributed by atoms with Crippen LogP contribution in [0.4, 0.5) is 5.69 Å². The molecule has 0 aromatic heterocycles. The van der Waals surface area contributed by atoms with Gasteiger partial charge >= 0.3 is 5.97 Å². The number of anilines is 1. The van der Waals surface area contributed by atoms with Gasteiger partial charge in [-0.15, -0.1) is 0 Å². The Morgan fingerprint density at radius 3 is 2.66 bits per heavy atom. The first-order valence-electron chi connectivity index (χ1n) is 10.6. The highest BCUT2D eigenvalue weighted by atomic mass is 16.4. The minimum absolute atomic E-state index is 0.173. The van der Waals surface area contributed by atoms with E-state index in [9.17, 15) is 19.2 Å². The standard InChI is InChI=1S/C24H25N3O5/c1-13-4-3-5-16(14(13)2)15-6-7-18-17(12-15)24(32)27-11-10-19(22(27)23(31)26-18)25-20(28)8-9-21(29)30/h3-7,12,19,22H,8-11H2,1-2H3,(H,25,28)(H,26,31)(H,29,30)/t19-,22-/m0/s1. The van der Waals surface area contributed by atoms with Crippen LogP contribution in [0.5, 0.6) is 0 Å². The Hall–Kier alpha value is -3.68. The molecule has 0 radical (unpaired) electrons. The van der Waals surface area contributed by atoms with Crippen molar-refractivity contribution in [3.8, 4) is 11.1 Å². The largest absolute Gasteiger partial charge is 0.481 e. The Morgan fingerprint density at radius 2 is 1.91 bits per heavy atom. The second-order valence-corrected chi connectivity index (χ2v) is 8.30. The number of carbonyl (C=O) groups is 4. The van der Waals surface area contributed by atoms with Crippen LogP contribution in [-0.4, -0.2) is 52.3 Å². The fraction of sp³-hybridized carbons (Fsp3) is 0.333. The minimum atomic E-state index is -1.06.